The molecule has 1 atom stereocenters. The van der Waals surface area contributed by atoms with Crippen molar-refractivity contribution in [3.8, 4) is 11.5 Å². The molecule has 2 rings (SSSR count). The molecule has 0 aliphatic rings. The predicted molar refractivity (Wildman–Crippen MR) is 73.6 cm³/mol. The van der Waals surface area contributed by atoms with Crippen LogP contribution in [0.5, 0.6) is 11.5 Å². The van der Waals surface area contributed by atoms with Gasteiger partial charge in [-0.15, -0.1) is 0 Å². The molecule has 2 N–H and O–H groups in total. The second kappa shape index (κ2) is 6.06. The minimum atomic E-state index is -0.920. The Morgan fingerprint density at radius 1 is 1.10 bits per heavy atom. The van der Waals surface area contributed by atoms with Gasteiger partial charge in [-0.1, -0.05) is 0 Å². The summed E-state index contributed by atoms with van der Waals surface area (Å²) < 4.78 is 18.3. The SMILES string of the molecule is C[C@H](Nc1ccc(Oc2ccc(F)cc2)cc1)C(=O)O. The van der Waals surface area contributed by atoms with E-state index in [-0.39, 0.29) is 5.82 Å². The van der Waals surface area contributed by atoms with Gasteiger partial charge in [0.05, 0.1) is 0 Å². The summed E-state index contributed by atoms with van der Waals surface area (Å²) in [4.78, 5) is 10.7. The van der Waals surface area contributed by atoms with E-state index in [0.717, 1.165) is 0 Å². The lowest BCUT2D eigenvalue weighted by Crippen LogP contribution is -2.25. The van der Waals surface area contributed by atoms with Crippen molar-refractivity contribution in [3.63, 3.8) is 0 Å². The van der Waals surface area contributed by atoms with Gasteiger partial charge in [0, 0.05) is 5.69 Å². The summed E-state index contributed by atoms with van der Waals surface area (Å²) in [5.74, 6) is -0.118. The molecule has 0 saturated carbocycles. The van der Waals surface area contributed by atoms with Gasteiger partial charge in [-0.05, 0) is 55.5 Å². The zero-order chi connectivity index (χ0) is 14.5. The Kier molecular flexibility index (Phi) is 4.20. The molecule has 0 fully saturated rings. The molecule has 0 aliphatic heterocycles. The van der Waals surface area contributed by atoms with Gasteiger partial charge < -0.3 is 15.2 Å². The van der Waals surface area contributed by atoms with E-state index in [9.17, 15) is 9.18 Å². The van der Waals surface area contributed by atoms with Gasteiger partial charge in [-0.25, -0.2) is 4.39 Å². The van der Waals surface area contributed by atoms with Crippen LogP contribution in [-0.4, -0.2) is 17.1 Å². The van der Waals surface area contributed by atoms with Crippen LogP contribution in [0.3, 0.4) is 0 Å². The summed E-state index contributed by atoms with van der Waals surface area (Å²) >= 11 is 0. The van der Waals surface area contributed by atoms with E-state index in [1.807, 2.05) is 0 Å². The zero-order valence-electron chi connectivity index (χ0n) is 10.8. The third-order valence-corrected chi connectivity index (χ3v) is 2.66. The number of benzene rings is 2. The molecule has 0 amide bonds. The van der Waals surface area contributed by atoms with Crippen LogP contribution in [0.2, 0.25) is 0 Å². The number of carboxylic acid groups (broad SMARTS) is 1. The smallest absolute Gasteiger partial charge is 0.325 e. The first-order valence-electron chi connectivity index (χ1n) is 6.07. The average Bonchev–Trinajstić information content (AvgIpc) is 2.43. The highest BCUT2D eigenvalue weighted by Gasteiger charge is 2.09. The maximum absolute atomic E-state index is 12.8. The molecule has 104 valence electrons. The van der Waals surface area contributed by atoms with Crippen molar-refractivity contribution in [1.82, 2.24) is 0 Å². The van der Waals surface area contributed by atoms with Gasteiger partial charge in [0.2, 0.25) is 0 Å². The Morgan fingerprint density at radius 2 is 1.60 bits per heavy atom. The van der Waals surface area contributed by atoms with Crippen molar-refractivity contribution in [2.24, 2.45) is 0 Å². The maximum Gasteiger partial charge on any atom is 0.325 e. The van der Waals surface area contributed by atoms with Crippen molar-refractivity contribution >= 4 is 11.7 Å². The highest BCUT2D eigenvalue weighted by molar-refractivity contribution is 5.76. The van der Waals surface area contributed by atoms with Crippen LogP contribution in [0.15, 0.2) is 48.5 Å². The average molecular weight is 275 g/mol. The van der Waals surface area contributed by atoms with Crippen molar-refractivity contribution in [2.45, 2.75) is 13.0 Å². The highest BCUT2D eigenvalue weighted by atomic mass is 19.1. The summed E-state index contributed by atoms with van der Waals surface area (Å²) in [6, 6.07) is 11.9. The predicted octanol–water partition coefficient (Wildman–Crippen LogP) is 3.50. The van der Waals surface area contributed by atoms with Crippen LogP contribution in [0, 0.1) is 5.82 Å². The zero-order valence-corrected chi connectivity index (χ0v) is 10.8. The van der Waals surface area contributed by atoms with Crippen LogP contribution in [0.1, 0.15) is 6.92 Å². The summed E-state index contributed by atoms with van der Waals surface area (Å²) in [6.45, 7) is 1.56. The van der Waals surface area contributed by atoms with Crippen LogP contribution >= 0.6 is 0 Å². The maximum atomic E-state index is 12.8. The van der Waals surface area contributed by atoms with Gasteiger partial charge in [-0.2, -0.15) is 0 Å². The molecule has 4 nitrogen and oxygen atoms in total. The van der Waals surface area contributed by atoms with Crippen LogP contribution in [-0.2, 0) is 4.79 Å². The van der Waals surface area contributed by atoms with Crippen molar-refractivity contribution in [3.05, 3.63) is 54.3 Å². The standard InChI is InChI=1S/C15H14FNO3/c1-10(15(18)19)17-12-4-8-14(9-5-12)20-13-6-2-11(16)3-7-13/h2-10,17H,1H3,(H,18,19)/t10-/m0/s1. The number of aliphatic carboxylic acids is 1. The molecular weight excluding hydrogens is 261 g/mol. The van der Waals surface area contributed by atoms with E-state index in [2.05, 4.69) is 5.32 Å². The number of carboxylic acids is 1. The topological polar surface area (TPSA) is 58.6 Å². The van der Waals surface area contributed by atoms with Gasteiger partial charge >= 0.3 is 5.97 Å². The lowest BCUT2D eigenvalue weighted by Gasteiger charge is -2.11. The summed E-state index contributed by atoms with van der Waals surface area (Å²) in [5, 5.41) is 11.6. The van der Waals surface area contributed by atoms with Gasteiger partial charge in [-0.3, -0.25) is 4.79 Å². The Labute approximate surface area is 115 Å². The first-order chi connectivity index (χ1) is 9.54. The number of carbonyl (C=O) groups is 1. The van der Waals surface area contributed by atoms with E-state index in [4.69, 9.17) is 9.84 Å². The molecule has 0 heterocycles. The minimum Gasteiger partial charge on any atom is -0.480 e. The third kappa shape index (κ3) is 3.71. The molecule has 2 aromatic carbocycles. The fraction of sp³-hybridized carbons (Fsp3) is 0.133. The van der Waals surface area contributed by atoms with Crippen LogP contribution in [0.25, 0.3) is 0 Å². The van der Waals surface area contributed by atoms with E-state index in [1.165, 1.54) is 24.3 Å². The molecule has 20 heavy (non-hydrogen) atoms. The monoisotopic (exact) mass is 275 g/mol. The van der Waals surface area contributed by atoms with Crippen molar-refractivity contribution < 1.29 is 19.0 Å². The number of anilines is 1. The molecule has 0 saturated heterocycles. The number of halogens is 1. The first kappa shape index (κ1) is 13.9. The largest absolute Gasteiger partial charge is 0.480 e. The molecule has 0 radical (unpaired) electrons. The van der Waals surface area contributed by atoms with Crippen molar-refractivity contribution in [2.75, 3.05) is 5.32 Å². The highest BCUT2D eigenvalue weighted by Crippen LogP contribution is 2.23. The van der Waals surface area contributed by atoms with Gasteiger partial charge in [0.25, 0.3) is 0 Å². The van der Waals surface area contributed by atoms with Crippen LogP contribution in [0.4, 0.5) is 10.1 Å². The lowest BCUT2D eigenvalue weighted by molar-refractivity contribution is -0.137. The molecule has 0 spiro atoms. The first-order valence-corrected chi connectivity index (χ1v) is 6.07. The number of hydrogen-bond acceptors (Lipinski definition) is 3. The molecular formula is C15H14FNO3. The second-order valence-electron chi connectivity index (χ2n) is 4.28. The lowest BCUT2D eigenvalue weighted by atomic mass is 10.2. The third-order valence-electron chi connectivity index (χ3n) is 2.66. The summed E-state index contributed by atoms with van der Waals surface area (Å²) in [6.07, 6.45) is 0. The van der Waals surface area contributed by atoms with E-state index in [1.54, 1.807) is 31.2 Å². The number of rotatable bonds is 5. The number of nitrogens with one attached hydrogen (secondary N) is 1. The molecule has 0 unspecified atom stereocenters. The van der Waals surface area contributed by atoms with E-state index in [0.29, 0.717) is 17.2 Å². The Morgan fingerprint density at radius 3 is 2.10 bits per heavy atom. The Bertz CT molecular complexity index is 581. The van der Waals surface area contributed by atoms with Gasteiger partial charge in [0.1, 0.15) is 23.4 Å². The van der Waals surface area contributed by atoms with Gasteiger partial charge in [0.15, 0.2) is 0 Å². The molecule has 0 aliphatic carbocycles. The Hall–Kier alpha value is -2.56. The van der Waals surface area contributed by atoms with E-state index >= 15 is 0 Å². The molecule has 2 aromatic rings. The number of ether oxygens (including phenoxy) is 1. The summed E-state index contributed by atoms with van der Waals surface area (Å²) in [5.41, 5.74) is 0.686. The molecule has 0 aromatic heterocycles. The van der Waals surface area contributed by atoms with E-state index < -0.39 is 12.0 Å². The normalized spacial score (nSPS) is 11.7. The quantitative estimate of drug-likeness (QED) is 0.876. The van der Waals surface area contributed by atoms with Crippen LogP contribution < -0.4 is 10.1 Å². The fourth-order valence-corrected chi connectivity index (χ4v) is 1.57. The summed E-state index contributed by atoms with van der Waals surface area (Å²) in [7, 11) is 0. The molecule has 5 heteroatoms. The number of hydrogen-bond donors (Lipinski definition) is 2. The minimum absolute atomic E-state index is 0.320. The second-order valence-corrected chi connectivity index (χ2v) is 4.28. The Balaban J connectivity index is 2.01. The fourth-order valence-electron chi connectivity index (χ4n) is 1.57. The van der Waals surface area contributed by atoms with Crippen molar-refractivity contribution in [1.29, 1.82) is 0 Å². The molecule has 0 bridgehead atoms.